The number of nitrogens with one attached hydrogen (secondary N) is 2. The van der Waals surface area contributed by atoms with Gasteiger partial charge in [-0.15, -0.1) is 0 Å². The van der Waals surface area contributed by atoms with Gasteiger partial charge >= 0.3 is 0 Å². The molecule has 0 spiro atoms. The van der Waals surface area contributed by atoms with Crippen molar-refractivity contribution in [3.8, 4) is 0 Å². The fourth-order valence-electron chi connectivity index (χ4n) is 5.18. The van der Waals surface area contributed by atoms with Crippen LogP contribution in [0, 0.1) is 5.92 Å². The highest BCUT2D eigenvalue weighted by atomic mass is 16.1. The number of amides is 1. The highest BCUT2D eigenvalue weighted by molar-refractivity contribution is 5.80. The van der Waals surface area contributed by atoms with E-state index in [4.69, 9.17) is 5.73 Å². The summed E-state index contributed by atoms with van der Waals surface area (Å²) in [5, 5.41) is 7.11. The Balaban J connectivity index is 1.26. The summed E-state index contributed by atoms with van der Waals surface area (Å²) in [5.41, 5.74) is 8.04. The minimum atomic E-state index is -0.168. The van der Waals surface area contributed by atoms with Crippen LogP contribution in [0.25, 0.3) is 0 Å². The lowest BCUT2D eigenvalue weighted by Gasteiger charge is -2.31. The van der Waals surface area contributed by atoms with Crippen molar-refractivity contribution < 1.29 is 4.79 Å². The molecule has 31 heavy (non-hydrogen) atoms. The van der Waals surface area contributed by atoms with E-state index in [1.807, 2.05) is 7.05 Å². The highest BCUT2D eigenvalue weighted by Gasteiger charge is 2.38. The van der Waals surface area contributed by atoms with Gasteiger partial charge < -0.3 is 16.4 Å². The Morgan fingerprint density at radius 1 is 1.23 bits per heavy atom. The normalized spacial score (nSPS) is 27.9. The molecule has 3 unspecified atom stereocenters. The predicted molar refractivity (Wildman–Crippen MR) is 125 cm³/mol. The summed E-state index contributed by atoms with van der Waals surface area (Å²) in [6.45, 7) is 6.86. The summed E-state index contributed by atoms with van der Waals surface area (Å²) in [6, 6.07) is 10.6. The van der Waals surface area contributed by atoms with Gasteiger partial charge in [0.25, 0.3) is 0 Å². The molecule has 170 valence electrons. The maximum atomic E-state index is 11.5. The van der Waals surface area contributed by atoms with E-state index >= 15 is 0 Å². The minimum absolute atomic E-state index is 0.0119. The van der Waals surface area contributed by atoms with Crippen molar-refractivity contribution >= 4 is 11.9 Å². The largest absolute Gasteiger partial charge is 0.369 e. The van der Waals surface area contributed by atoms with E-state index in [-0.39, 0.29) is 11.8 Å². The number of carbonyl (C=O) groups is 1. The van der Waals surface area contributed by atoms with Crippen molar-refractivity contribution in [2.75, 3.05) is 26.7 Å². The fourth-order valence-corrected chi connectivity index (χ4v) is 5.18. The standard InChI is InChI=1S/C24H38N6O/c1-17-11-21(16-30(17)22-8-9-22)28-24(26-2)27-13-18-5-3-6-19(12-18)14-29-10-4-7-20(15-29)23(25)31/h3,5-6,12,17,20-22H,4,7-11,13-16H2,1-2H3,(H2,25,31)(H2,26,27,28). The van der Waals surface area contributed by atoms with Crippen molar-refractivity contribution in [2.45, 2.75) is 70.2 Å². The van der Waals surface area contributed by atoms with Gasteiger partial charge in [0.05, 0.1) is 5.92 Å². The third-order valence-electron chi connectivity index (χ3n) is 6.97. The molecule has 1 amide bonds. The first-order valence-electron chi connectivity index (χ1n) is 11.8. The van der Waals surface area contributed by atoms with Crippen molar-refractivity contribution in [2.24, 2.45) is 16.6 Å². The number of likely N-dealkylation sites (tertiary alicyclic amines) is 2. The van der Waals surface area contributed by atoms with E-state index in [1.54, 1.807) is 0 Å². The molecule has 1 aromatic carbocycles. The molecule has 7 nitrogen and oxygen atoms in total. The Kier molecular flexibility index (Phi) is 7.13. The summed E-state index contributed by atoms with van der Waals surface area (Å²) in [6.07, 6.45) is 5.85. The smallest absolute Gasteiger partial charge is 0.221 e. The Morgan fingerprint density at radius 3 is 2.77 bits per heavy atom. The van der Waals surface area contributed by atoms with Gasteiger partial charge in [0.2, 0.25) is 5.91 Å². The second-order valence-electron chi connectivity index (χ2n) is 9.58. The first kappa shape index (κ1) is 22.1. The van der Waals surface area contributed by atoms with Crippen LogP contribution >= 0.6 is 0 Å². The van der Waals surface area contributed by atoms with E-state index in [0.29, 0.717) is 12.1 Å². The number of hydrogen-bond acceptors (Lipinski definition) is 4. The molecule has 1 saturated carbocycles. The number of nitrogens with two attached hydrogens (primary N) is 1. The lowest BCUT2D eigenvalue weighted by molar-refractivity contribution is -0.123. The molecule has 2 saturated heterocycles. The quantitative estimate of drug-likeness (QED) is 0.456. The number of primary amides is 1. The van der Waals surface area contributed by atoms with Gasteiger partial charge in [0, 0.05) is 51.4 Å². The van der Waals surface area contributed by atoms with E-state index in [1.165, 1.54) is 30.4 Å². The summed E-state index contributed by atoms with van der Waals surface area (Å²) in [5.74, 6) is 0.696. The Hall–Kier alpha value is -2.12. The van der Waals surface area contributed by atoms with Crippen LogP contribution in [0.1, 0.15) is 50.2 Å². The van der Waals surface area contributed by atoms with Crippen molar-refractivity contribution in [3.05, 3.63) is 35.4 Å². The van der Waals surface area contributed by atoms with E-state index in [0.717, 1.165) is 57.6 Å². The molecular weight excluding hydrogens is 388 g/mol. The molecule has 2 heterocycles. The van der Waals surface area contributed by atoms with Gasteiger partial charge in [-0.25, -0.2) is 0 Å². The molecule has 0 aromatic heterocycles. The van der Waals surface area contributed by atoms with E-state index < -0.39 is 0 Å². The third-order valence-corrected chi connectivity index (χ3v) is 6.97. The molecule has 0 bridgehead atoms. The average molecular weight is 427 g/mol. The molecule has 3 fully saturated rings. The van der Waals surface area contributed by atoms with Crippen LogP contribution in [0.5, 0.6) is 0 Å². The van der Waals surface area contributed by atoms with Crippen molar-refractivity contribution in [1.29, 1.82) is 0 Å². The first-order chi connectivity index (χ1) is 15.0. The summed E-state index contributed by atoms with van der Waals surface area (Å²) < 4.78 is 0. The summed E-state index contributed by atoms with van der Waals surface area (Å²) in [7, 11) is 1.84. The SMILES string of the molecule is CN=C(NCc1cccc(CN2CCCC(C(N)=O)C2)c1)NC1CC(C)N(C2CC2)C1. The molecule has 0 radical (unpaired) electrons. The van der Waals surface area contributed by atoms with Crippen LogP contribution in [0.15, 0.2) is 29.3 Å². The maximum Gasteiger partial charge on any atom is 0.221 e. The maximum absolute atomic E-state index is 11.5. The van der Waals surface area contributed by atoms with Gasteiger partial charge in [-0.3, -0.25) is 19.6 Å². The molecule has 3 aliphatic rings. The van der Waals surface area contributed by atoms with Crippen LogP contribution in [0.3, 0.4) is 0 Å². The molecule has 1 aromatic rings. The number of guanidine groups is 1. The first-order valence-corrected chi connectivity index (χ1v) is 11.8. The molecule has 4 rings (SSSR count). The second kappa shape index (κ2) is 10.0. The number of benzene rings is 1. The summed E-state index contributed by atoms with van der Waals surface area (Å²) >= 11 is 0. The van der Waals surface area contributed by atoms with Crippen LogP contribution in [0.2, 0.25) is 0 Å². The monoisotopic (exact) mass is 426 g/mol. The van der Waals surface area contributed by atoms with Gasteiger partial charge in [-0.05, 0) is 56.7 Å². The zero-order chi connectivity index (χ0) is 21.8. The van der Waals surface area contributed by atoms with Crippen LogP contribution in [-0.2, 0) is 17.9 Å². The minimum Gasteiger partial charge on any atom is -0.369 e. The zero-order valence-electron chi connectivity index (χ0n) is 19.0. The van der Waals surface area contributed by atoms with E-state index in [2.05, 4.69) is 56.6 Å². The zero-order valence-corrected chi connectivity index (χ0v) is 19.0. The number of rotatable bonds is 7. The second-order valence-corrected chi connectivity index (χ2v) is 9.58. The topological polar surface area (TPSA) is 86.0 Å². The molecule has 1 aliphatic carbocycles. The van der Waals surface area contributed by atoms with Crippen LogP contribution in [0.4, 0.5) is 0 Å². The predicted octanol–water partition coefficient (Wildman–Crippen LogP) is 1.67. The molecular formula is C24H38N6O. The van der Waals surface area contributed by atoms with Crippen LogP contribution in [-0.4, -0.2) is 66.5 Å². The molecule has 7 heteroatoms. The molecule has 3 atom stereocenters. The van der Waals surface area contributed by atoms with Crippen LogP contribution < -0.4 is 16.4 Å². The van der Waals surface area contributed by atoms with Gasteiger partial charge in [0.15, 0.2) is 5.96 Å². The van der Waals surface area contributed by atoms with Gasteiger partial charge in [-0.2, -0.15) is 0 Å². The Bertz CT molecular complexity index is 792. The van der Waals surface area contributed by atoms with Crippen molar-refractivity contribution in [1.82, 2.24) is 20.4 Å². The number of aliphatic imine (C=N–C) groups is 1. The van der Waals surface area contributed by atoms with E-state index in [9.17, 15) is 4.79 Å². The van der Waals surface area contributed by atoms with Gasteiger partial charge in [0.1, 0.15) is 0 Å². The lowest BCUT2D eigenvalue weighted by Crippen LogP contribution is -2.44. The Morgan fingerprint density at radius 2 is 2.03 bits per heavy atom. The Labute approximate surface area is 186 Å². The third kappa shape index (κ3) is 5.98. The lowest BCUT2D eigenvalue weighted by atomic mass is 9.97. The highest BCUT2D eigenvalue weighted by Crippen LogP contribution is 2.33. The van der Waals surface area contributed by atoms with Crippen molar-refractivity contribution in [3.63, 3.8) is 0 Å². The average Bonchev–Trinajstić information content (AvgIpc) is 3.54. The number of nitrogens with zero attached hydrogens (tertiary/aromatic N) is 3. The summed E-state index contributed by atoms with van der Waals surface area (Å²) in [4.78, 5) is 21.0. The van der Waals surface area contributed by atoms with Gasteiger partial charge in [-0.1, -0.05) is 24.3 Å². The number of piperidine rings is 1. The molecule has 4 N–H and O–H groups in total. The number of hydrogen-bond donors (Lipinski definition) is 3. The molecule has 2 aliphatic heterocycles. The number of carbonyl (C=O) groups excluding carboxylic acids is 1. The fraction of sp³-hybridized carbons (Fsp3) is 0.667.